The van der Waals surface area contributed by atoms with Crippen molar-refractivity contribution in [2.75, 3.05) is 21.3 Å². The highest BCUT2D eigenvalue weighted by molar-refractivity contribution is 5.88. The van der Waals surface area contributed by atoms with Crippen LogP contribution in [0.4, 0.5) is 0 Å². The number of benzene rings is 1. The van der Waals surface area contributed by atoms with Gasteiger partial charge < -0.3 is 14.2 Å². The number of hydrogen-bond acceptors (Lipinski definition) is 4. The van der Waals surface area contributed by atoms with Crippen LogP contribution in [0, 0.1) is 0 Å². The fraction of sp³-hybridized carbons (Fsp3) is 0.357. The lowest BCUT2D eigenvalue weighted by Crippen LogP contribution is -1.93. The maximum atomic E-state index is 5.26. The van der Waals surface area contributed by atoms with E-state index in [0.717, 1.165) is 16.7 Å². The van der Waals surface area contributed by atoms with Crippen LogP contribution in [0.25, 0.3) is 10.9 Å². The number of fused-ring (bicyclic) bond motifs is 1. The van der Waals surface area contributed by atoms with Crippen molar-refractivity contribution < 1.29 is 14.2 Å². The van der Waals surface area contributed by atoms with Crippen LogP contribution in [0.5, 0.6) is 17.2 Å². The zero-order valence-corrected chi connectivity index (χ0v) is 11.5. The first-order valence-corrected chi connectivity index (χ1v) is 5.85. The van der Waals surface area contributed by atoms with Gasteiger partial charge in [-0.25, -0.2) is 0 Å². The van der Waals surface area contributed by atoms with Crippen molar-refractivity contribution in [2.24, 2.45) is 0 Å². The van der Waals surface area contributed by atoms with Gasteiger partial charge in [-0.15, -0.1) is 0 Å². The average Bonchev–Trinajstić information content (AvgIpc) is 2.47. The van der Waals surface area contributed by atoms with E-state index in [9.17, 15) is 0 Å². The lowest BCUT2D eigenvalue weighted by atomic mass is 10.2. The number of aromatic nitrogens is 1. The van der Waals surface area contributed by atoms with E-state index in [1.807, 2.05) is 32.0 Å². The minimum Gasteiger partial charge on any atom is -0.496 e. The molecule has 0 aliphatic carbocycles. The van der Waals surface area contributed by atoms with Crippen LogP contribution in [0.2, 0.25) is 0 Å². The molecule has 98 valence electrons. The van der Waals surface area contributed by atoms with Gasteiger partial charge >= 0.3 is 0 Å². The minimum absolute atomic E-state index is 0.663. The zero-order chi connectivity index (χ0) is 13.5. The average molecular weight is 249 g/mol. The molecule has 0 aliphatic heterocycles. The fourth-order valence-electron chi connectivity index (χ4n) is 1.63. The summed E-state index contributed by atoms with van der Waals surface area (Å²) in [4.78, 5) is 4.26. The maximum absolute atomic E-state index is 5.26. The van der Waals surface area contributed by atoms with Crippen LogP contribution in [0.15, 0.2) is 24.4 Å². The Hall–Kier alpha value is -1.97. The summed E-state index contributed by atoms with van der Waals surface area (Å²) in [5.74, 6) is 2.10. The van der Waals surface area contributed by atoms with Crippen molar-refractivity contribution in [1.82, 2.24) is 4.98 Å². The van der Waals surface area contributed by atoms with Crippen molar-refractivity contribution in [3.8, 4) is 17.2 Å². The Kier molecular flexibility index (Phi) is 5.24. The van der Waals surface area contributed by atoms with Gasteiger partial charge in [0.2, 0.25) is 0 Å². The first kappa shape index (κ1) is 14.1. The second kappa shape index (κ2) is 6.69. The van der Waals surface area contributed by atoms with E-state index >= 15 is 0 Å². The summed E-state index contributed by atoms with van der Waals surface area (Å²) >= 11 is 0. The van der Waals surface area contributed by atoms with E-state index in [0.29, 0.717) is 11.5 Å². The molecular weight excluding hydrogens is 230 g/mol. The van der Waals surface area contributed by atoms with Crippen LogP contribution in [-0.2, 0) is 0 Å². The van der Waals surface area contributed by atoms with Gasteiger partial charge in [0.15, 0.2) is 11.5 Å². The van der Waals surface area contributed by atoms with Gasteiger partial charge in [-0.3, -0.25) is 4.98 Å². The quantitative estimate of drug-likeness (QED) is 0.837. The molecule has 1 aromatic carbocycles. The molecule has 2 rings (SSSR count). The number of methoxy groups -OCH3 is 3. The molecule has 0 saturated heterocycles. The van der Waals surface area contributed by atoms with Gasteiger partial charge in [-0.1, -0.05) is 13.8 Å². The molecule has 0 amide bonds. The normalized spacial score (nSPS) is 9.39. The van der Waals surface area contributed by atoms with Crippen LogP contribution in [-0.4, -0.2) is 26.3 Å². The van der Waals surface area contributed by atoms with Crippen LogP contribution < -0.4 is 14.2 Å². The predicted molar refractivity (Wildman–Crippen MR) is 72.7 cm³/mol. The smallest absolute Gasteiger partial charge is 0.162 e. The number of rotatable bonds is 3. The maximum Gasteiger partial charge on any atom is 0.162 e. The number of pyridine rings is 1. The van der Waals surface area contributed by atoms with Gasteiger partial charge in [0, 0.05) is 17.6 Å². The van der Waals surface area contributed by atoms with Crippen molar-refractivity contribution in [3.05, 3.63) is 24.4 Å². The Labute approximate surface area is 108 Å². The van der Waals surface area contributed by atoms with E-state index in [2.05, 4.69) is 4.98 Å². The van der Waals surface area contributed by atoms with Gasteiger partial charge in [0.25, 0.3) is 0 Å². The lowest BCUT2D eigenvalue weighted by Gasteiger charge is -2.10. The molecular formula is C14H19NO3. The fourth-order valence-corrected chi connectivity index (χ4v) is 1.63. The molecule has 0 saturated carbocycles. The largest absolute Gasteiger partial charge is 0.496 e. The van der Waals surface area contributed by atoms with Crippen LogP contribution in [0.3, 0.4) is 0 Å². The van der Waals surface area contributed by atoms with Gasteiger partial charge in [-0.05, 0) is 12.1 Å². The monoisotopic (exact) mass is 249 g/mol. The SMILES string of the molecule is CC.COc1cc2nccc(OC)c2cc1OC. The van der Waals surface area contributed by atoms with Gasteiger partial charge in [0.1, 0.15) is 5.75 Å². The van der Waals surface area contributed by atoms with E-state index < -0.39 is 0 Å². The van der Waals surface area contributed by atoms with E-state index in [1.54, 1.807) is 27.5 Å². The lowest BCUT2D eigenvalue weighted by molar-refractivity contribution is 0.355. The molecule has 0 bridgehead atoms. The number of hydrogen-bond donors (Lipinski definition) is 0. The third kappa shape index (κ3) is 2.64. The summed E-state index contributed by atoms with van der Waals surface area (Å²) in [6.07, 6.45) is 1.70. The van der Waals surface area contributed by atoms with E-state index in [-0.39, 0.29) is 0 Å². The Bertz CT molecular complexity index is 512. The van der Waals surface area contributed by atoms with Gasteiger partial charge in [-0.2, -0.15) is 0 Å². The Balaban J connectivity index is 0.000000771. The number of ether oxygens (including phenoxy) is 3. The van der Waals surface area contributed by atoms with Crippen LogP contribution in [0.1, 0.15) is 13.8 Å². The summed E-state index contributed by atoms with van der Waals surface area (Å²) in [5, 5.41) is 0.905. The summed E-state index contributed by atoms with van der Waals surface area (Å²) in [6, 6.07) is 5.50. The van der Waals surface area contributed by atoms with E-state index in [4.69, 9.17) is 14.2 Å². The molecule has 0 fully saturated rings. The first-order valence-electron chi connectivity index (χ1n) is 5.85. The molecule has 0 aliphatic rings. The standard InChI is InChI=1S/C12H13NO3.C2H6/c1-14-10-4-5-13-9-7-12(16-3)11(15-2)6-8(9)10;1-2/h4-7H,1-3H3;1-2H3. The minimum atomic E-state index is 0.663. The van der Waals surface area contributed by atoms with Gasteiger partial charge in [0.05, 0.1) is 26.8 Å². The molecule has 0 spiro atoms. The highest BCUT2D eigenvalue weighted by Crippen LogP contribution is 2.34. The third-order valence-corrected chi connectivity index (χ3v) is 2.43. The summed E-state index contributed by atoms with van der Waals surface area (Å²) in [6.45, 7) is 4.00. The summed E-state index contributed by atoms with van der Waals surface area (Å²) < 4.78 is 15.7. The van der Waals surface area contributed by atoms with Crippen molar-refractivity contribution in [3.63, 3.8) is 0 Å². The topological polar surface area (TPSA) is 40.6 Å². The molecule has 2 aromatic rings. The second-order valence-corrected chi connectivity index (χ2v) is 3.24. The second-order valence-electron chi connectivity index (χ2n) is 3.24. The Morgan fingerprint density at radius 2 is 1.39 bits per heavy atom. The number of nitrogens with zero attached hydrogens (tertiary/aromatic N) is 1. The molecule has 4 heteroatoms. The van der Waals surface area contributed by atoms with E-state index in [1.165, 1.54) is 0 Å². The molecule has 0 radical (unpaired) electrons. The summed E-state index contributed by atoms with van der Waals surface area (Å²) in [5.41, 5.74) is 0.817. The van der Waals surface area contributed by atoms with Crippen molar-refractivity contribution in [1.29, 1.82) is 0 Å². The summed E-state index contributed by atoms with van der Waals surface area (Å²) in [7, 11) is 4.84. The van der Waals surface area contributed by atoms with Crippen molar-refractivity contribution in [2.45, 2.75) is 13.8 Å². The van der Waals surface area contributed by atoms with Crippen LogP contribution >= 0.6 is 0 Å². The molecule has 0 atom stereocenters. The molecule has 0 unspecified atom stereocenters. The molecule has 1 aromatic heterocycles. The molecule has 1 heterocycles. The third-order valence-electron chi connectivity index (χ3n) is 2.43. The molecule has 4 nitrogen and oxygen atoms in total. The Morgan fingerprint density at radius 3 is 1.94 bits per heavy atom. The highest BCUT2D eigenvalue weighted by atomic mass is 16.5. The first-order chi connectivity index (χ1) is 8.80. The molecule has 18 heavy (non-hydrogen) atoms. The zero-order valence-electron chi connectivity index (χ0n) is 11.5. The van der Waals surface area contributed by atoms with Crippen molar-refractivity contribution >= 4 is 10.9 Å². The molecule has 0 N–H and O–H groups in total. The predicted octanol–water partition coefficient (Wildman–Crippen LogP) is 3.29. The Morgan fingerprint density at radius 1 is 0.833 bits per heavy atom. The highest BCUT2D eigenvalue weighted by Gasteiger charge is 2.09.